The third-order valence-electron chi connectivity index (χ3n) is 4.37. The van der Waals surface area contributed by atoms with Crippen LogP contribution in [-0.4, -0.2) is 43.6 Å². The Labute approximate surface area is 176 Å². The molecular weight excluding hydrogens is 408 g/mol. The molecule has 1 N–H and O–H groups in total. The van der Waals surface area contributed by atoms with E-state index in [1.54, 1.807) is 24.0 Å². The minimum absolute atomic E-state index is 0.0164. The molecule has 30 heavy (non-hydrogen) atoms. The van der Waals surface area contributed by atoms with Crippen LogP contribution in [0, 0.1) is 10.1 Å². The number of nitro benzene ring substituents is 1. The fraction of sp³-hybridized carbons (Fsp3) is 0.100. The number of aryl methyl sites for hydroxylation is 1. The van der Waals surface area contributed by atoms with Gasteiger partial charge in [0.25, 0.3) is 17.5 Å². The van der Waals surface area contributed by atoms with Gasteiger partial charge in [-0.15, -0.1) is 6.58 Å². The van der Waals surface area contributed by atoms with Crippen LogP contribution in [-0.2, 0) is 16.6 Å². The van der Waals surface area contributed by atoms with E-state index in [2.05, 4.69) is 11.9 Å². The monoisotopic (exact) mass is 424 g/mol. The molecule has 1 aliphatic heterocycles. The van der Waals surface area contributed by atoms with Gasteiger partial charge in [-0.1, -0.05) is 6.08 Å². The van der Waals surface area contributed by atoms with Crippen molar-refractivity contribution in [3.63, 3.8) is 0 Å². The second-order valence-corrected chi connectivity index (χ2v) is 6.83. The molecule has 2 heterocycles. The summed E-state index contributed by atoms with van der Waals surface area (Å²) in [4.78, 5) is 49.4. The molecule has 0 bridgehead atoms. The third kappa shape index (κ3) is 3.94. The largest absolute Gasteiger partial charge is 0.356 e. The van der Waals surface area contributed by atoms with E-state index < -0.39 is 22.5 Å². The van der Waals surface area contributed by atoms with Gasteiger partial charge >= 0.3 is 0 Å². The number of non-ortho nitro benzene ring substituents is 1. The summed E-state index contributed by atoms with van der Waals surface area (Å²) in [5.74, 6) is -1.66. The van der Waals surface area contributed by atoms with E-state index >= 15 is 0 Å². The molecule has 0 unspecified atom stereocenters. The van der Waals surface area contributed by atoms with Gasteiger partial charge in [0.05, 0.1) is 4.92 Å². The van der Waals surface area contributed by atoms with Gasteiger partial charge in [0.2, 0.25) is 0 Å². The summed E-state index contributed by atoms with van der Waals surface area (Å²) in [6, 6.07) is 5.18. The highest BCUT2D eigenvalue weighted by Gasteiger charge is 2.33. The number of aromatic nitrogens is 1. The Bertz CT molecular complexity index is 1130. The zero-order chi connectivity index (χ0) is 22.0. The zero-order valence-corrected chi connectivity index (χ0v) is 16.6. The van der Waals surface area contributed by atoms with E-state index in [-0.39, 0.29) is 34.0 Å². The maximum absolute atomic E-state index is 12.9. The van der Waals surface area contributed by atoms with Crippen LogP contribution in [0.4, 0.5) is 5.69 Å². The molecule has 1 fully saturated rings. The lowest BCUT2D eigenvalue weighted by atomic mass is 10.00. The van der Waals surface area contributed by atoms with Crippen molar-refractivity contribution in [2.75, 3.05) is 6.54 Å². The predicted molar refractivity (Wildman–Crippen MR) is 113 cm³/mol. The van der Waals surface area contributed by atoms with Crippen LogP contribution < -0.4 is 5.32 Å². The molecule has 0 saturated carbocycles. The van der Waals surface area contributed by atoms with Crippen molar-refractivity contribution in [3.8, 4) is 0 Å². The van der Waals surface area contributed by atoms with Gasteiger partial charge in [-0.05, 0) is 30.4 Å². The minimum Gasteiger partial charge on any atom is -0.356 e. The molecule has 0 atom stereocenters. The van der Waals surface area contributed by atoms with Gasteiger partial charge in [0.1, 0.15) is 5.57 Å². The van der Waals surface area contributed by atoms with Gasteiger partial charge in [-0.25, -0.2) is 0 Å². The van der Waals surface area contributed by atoms with Crippen LogP contribution in [0.25, 0.3) is 6.08 Å². The maximum Gasteiger partial charge on any atom is 0.269 e. The molecule has 0 aliphatic carbocycles. The smallest absolute Gasteiger partial charge is 0.269 e. The number of carbonyl (C=O) groups excluding carboxylic acids is 3. The quantitative estimate of drug-likeness (QED) is 0.144. The minimum atomic E-state index is -0.664. The fourth-order valence-electron chi connectivity index (χ4n) is 2.94. The highest BCUT2D eigenvalue weighted by molar-refractivity contribution is 7.80. The summed E-state index contributed by atoms with van der Waals surface area (Å²) in [6.45, 7) is 3.69. The number of carbonyl (C=O) groups is 3. The maximum atomic E-state index is 12.9. The fourth-order valence-corrected chi connectivity index (χ4v) is 3.19. The molecule has 1 aromatic carbocycles. The third-order valence-corrected chi connectivity index (χ3v) is 4.69. The lowest BCUT2D eigenvalue weighted by Crippen LogP contribution is -2.53. The standard InChI is InChI=1S/C20H16N4O5S/c1-3-8-23-19(27)15(18(26)21-20(23)30)9-13-10-22(2)11-16(13)17(25)12-4-6-14(7-5-12)24(28)29/h3-7,9-11H,1,8H2,2H3,(H,21,26,30)/b15-9+. The second kappa shape index (κ2) is 8.21. The second-order valence-electron chi connectivity index (χ2n) is 6.45. The van der Waals surface area contributed by atoms with Crippen molar-refractivity contribution in [2.24, 2.45) is 7.05 Å². The SMILES string of the molecule is C=CCN1C(=O)/C(=C/c2cn(C)cc2C(=O)c2ccc([N+](=O)[O-])cc2)C(=O)NC1=S. The number of nitrogens with one attached hydrogen (secondary N) is 1. The van der Waals surface area contributed by atoms with Gasteiger partial charge < -0.3 is 4.57 Å². The van der Waals surface area contributed by atoms with E-state index in [9.17, 15) is 24.5 Å². The van der Waals surface area contributed by atoms with Crippen molar-refractivity contribution < 1.29 is 19.3 Å². The summed E-state index contributed by atoms with van der Waals surface area (Å²) >= 11 is 5.02. The lowest BCUT2D eigenvalue weighted by Gasteiger charge is -2.27. The Hall–Kier alpha value is -3.92. The van der Waals surface area contributed by atoms with Gasteiger partial charge in [0.15, 0.2) is 10.9 Å². The number of nitrogens with zero attached hydrogens (tertiary/aromatic N) is 3. The molecule has 10 heteroatoms. The van der Waals surface area contributed by atoms with E-state index in [0.29, 0.717) is 5.56 Å². The van der Waals surface area contributed by atoms with E-state index in [4.69, 9.17) is 12.2 Å². The van der Waals surface area contributed by atoms with Gasteiger partial charge in [-0.3, -0.25) is 34.7 Å². The topological polar surface area (TPSA) is 115 Å². The molecule has 3 rings (SSSR count). The van der Waals surface area contributed by atoms with Crippen molar-refractivity contribution in [1.82, 2.24) is 14.8 Å². The summed E-state index contributed by atoms with van der Waals surface area (Å²) < 4.78 is 1.61. The number of benzene rings is 1. The van der Waals surface area contributed by atoms with Crippen LogP contribution in [0.1, 0.15) is 21.5 Å². The van der Waals surface area contributed by atoms with Crippen LogP contribution in [0.3, 0.4) is 0 Å². The summed E-state index contributed by atoms with van der Waals surface area (Å²) in [5.41, 5.74) is 0.521. The average Bonchev–Trinajstić information content (AvgIpc) is 3.08. The molecule has 0 spiro atoms. The Morgan fingerprint density at radius 2 is 1.93 bits per heavy atom. The molecule has 2 amide bonds. The van der Waals surface area contributed by atoms with Crippen molar-refractivity contribution >= 4 is 46.7 Å². The first-order chi connectivity index (χ1) is 14.2. The molecular formula is C20H16N4O5S. The van der Waals surface area contributed by atoms with Gasteiger partial charge in [-0.2, -0.15) is 0 Å². The highest BCUT2D eigenvalue weighted by Crippen LogP contribution is 2.22. The Kier molecular flexibility index (Phi) is 5.70. The van der Waals surface area contributed by atoms with Crippen molar-refractivity contribution in [2.45, 2.75) is 0 Å². The number of thiocarbonyl (C=S) groups is 1. The number of ketones is 1. The zero-order valence-electron chi connectivity index (χ0n) is 15.8. The molecule has 1 aromatic heterocycles. The first-order valence-electron chi connectivity index (χ1n) is 8.67. The number of amides is 2. The van der Waals surface area contributed by atoms with E-state index in [1.165, 1.54) is 41.3 Å². The highest BCUT2D eigenvalue weighted by atomic mass is 32.1. The summed E-state index contributed by atoms with van der Waals surface area (Å²) in [6.07, 6.45) is 5.95. The number of hydrogen-bond donors (Lipinski definition) is 1. The molecule has 9 nitrogen and oxygen atoms in total. The van der Waals surface area contributed by atoms with E-state index in [0.717, 1.165) is 0 Å². The molecule has 152 valence electrons. The first kappa shape index (κ1) is 20.8. The first-order valence-corrected chi connectivity index (χ1v) is 9.08. The Balaban J connectivity index is 2.00. The van der Waals surface area contributed by atoms with E-state index in [1.807, 2.05) is 0 Å². The molecule has 2 aromatic rings. The van der Waals surface area contributed by atoms with Crippen molar-refractivity contribution in [1.29, 1.82) is 0 Å². The summed E-state index contributed by atoms with van der Waals surface area (Å²) in [5, 5.41) is 13.2. The molecule has 1 aliphatic rings. The number of hydrogen-bond acceptors (Lipinski definition) is 6. The molecule has 0 radical (unpaired) electrons. The number of rotatable bonds is 6. The van der Waals surface area contributed by atoms with Crippen LogP contribution >= 0.6 is 12.2 Å². The Morgan fingerprint density at radius 3 is 2.53 bits per heavy atom. The van der Waals surface area contributed by atoms with Crippen molar-refractivity contribution in [3.05, 3.63) is 81.7 Å². The normalized spacial score (nSPS) is 15.3. The molecule has 1 saturated heterocycles. The lowest BCUT2D eigenvalue weighted by molar-refractivity contribution is -0.384. The van der Waals surface area contributed by atoms with Gasteiger partial charge in [0, 0.05) is 54.8 Å². The Morgan fingerprint density at radius 1 is 1.27 bits per heavy atom. The predicted octanol–water partition coefficient (Wildman–Crippen LogP) is 1.98. The number of nitro groups is 1. The van der Waals surface area contributed by atoms with Crippen LogP contribution in [0.15, 0.2) is 54.9 Å². The van der Waals surface area contributed by atoms with Crippen LogP contribution in [0.5, 0.6) is 0 Å². The summed E-state index contributed by atoms with van der Waals surface area (Å²) in [7, 11) is 1.69. The average molecular weight is 424 g/mol. The van der Waals surface area contributed by atoms with Crippen LogP contribution in [0.2, 0.25) is 0 Å².